The van der Waals surface area contributed by atoms with Crippen molar-refractivity contribution in [2.75, 3.05) is 26.0 Å². The number of amides is 2. The van der Waals surface area contributed by atoms with Crippen molar-refractivity contribution in [2.24, 2.45) is 0 Å². The molecule has 8 nitrogen and oxygen atoms in total. The van der Waals surface area contributed by atoms with Gasteiger partial charge in [-0.25, -0.2) is 8.42 Å². The Hall–Kier alpha value is -3.24. The third kappa shape index (κ3) is 8.38. The molecule has 2 atom stereocenters. The van der Waals surface area contributed by atoms with Crippen molar-refractivity contribution in [2.45, 2.75) is 38.1 Å². The maximum absolute atomic E-state index is 14.0. The molecule has 0 saturated carbocycles. The number of carbonyl (C=O) groups excluding carboxylic acids is 2. The van der Waals surface area contributed by atoms with Crippen molar-refractivity contribution in [1.82, 2.24) is 14.5 Å². The molecule has 0 bridgehead atoms. The van der Waals surface area contributed by atoms with Crippen LogP contribution in [0.25, 0.3) is 0 Å². The summed E-state index contributed by atoms with van der Waals surface area (Å²) >= 11 is 6.09. The smallest absolute Gasteiger partial charge is 0.247 e. The molecule has 0 unspecified atom stereocenters. The molecule has 1 aliphatic rings. The van der Waals surface area contributed by atoms with Gasteiger partial charge in [-0.1, -0.05) is 84.4 Å². The minimum absolute atomic E-state index is 0.0292. The van der Waals surface area contributed by atoms with E-state index < -0.39 is 28.5 Å². The first-order valence-corrected chi connectivity index (χ1v) is 15.4. The van der Waals surface area contributed by atoms with Crippen molar-refractivity contribution in [3.8, 4) is 0 Å². The fourth-order valence-corrected chi connectivity index (χ4v) is 5.51. The summed E-state index contributed by atoms with van der Waals surface area (Å²) in [6.45, 7) is 0.665. The monoisotopic (exact) mass is 583 g/mol. The average Bonchev–Trinajstić information content (AvgIpc) is 3.47. The molecule has 0 spiro atoms. The zero-order chi connectivity index (χ0) is 28.5. The van der Waals surface area contributed by atoms with E-state index in [0.29, 0.717) is 23.7 Å². The van der Waals surface area contributed by atoms with Crippen molar-refractivity contribution in [1.29, 1.82) is 0 Å². The Kier molecular flexibility index (Phi) is 10.3. The molecule has 1 aliphatic heterocycles. The van der Waals surface area contributed by atoms with Crippen LogP contribution in [0.2, 0.25) is 5.02 Å². The lowest BCUT2D eigenvalue weighted by atomic mass is 10.0. The maximum atomic E-state index is 14.0. The lowest BCUT2D eigenvalue weighted by Crippen LogP contribution is -2.48. The number of nitrogens with one attached hydrogen (secondary N) is 1. The highest BCUT2D eigenvalue weighted by Gasteiger charge is 2.34. The topological polar surface area (TPSA) is 96.0 Å². The van der Waals surface area contributed by atoms with Crippen LogP contribution in [0.1, 0.15) is 35.6 Å². The molecule has 3 aromatic carbocycles. The molecule has 0 radical (unpaired) electrons. The van der Waals surface area contributed by atoms with Gasteiger partial charge in [-0.3, -0.25) is 9.59 Å². The predicted molar refractivity (Wildman–Crippen MR) is 155 cm³/mol. The predicted octanol–water partition coefficient (Wildman–Crippen LogP) is 4.17. The van der Waals surface area contributed by atoms with Crippen LogP contribution in [0, 0.1) is 0 Å². The van der Waals surface area contributed by atoms with Crippen molar-refractivity contribution in [3.05, 3.63) is 107 Å². The van der Waals surface area contributed by atoms with E-state index >= 15 is 0 Å². The summed E-state index contributed by atoms with van der Waals surface area (Å²) in [6, 6.07) is 24.1. The summed E-state index contributed by atoms with van der Waals surface area (Å²) in [7, 11) is -3.75. The Labute approximate surface area is 240 Å². The quantitative estimate of drug-likeness (QED) is 0.345. The first kappa shape index (κ1) is 29.7. The van der Waals surface area contributed by atoms with Crippen LogP contribution in [-0.2, 0) is 37.4 Å². The Morgan fingerprint density at radius 2 is 1.57 bits per heavy atom. The maximum Gasteiger partial charge on any atom is 0.247 e. The normalized spacial score (nSPS) is 16.0. The molecule has 1 heterocycles. The number of hydrogen-bond donors (Lipinski definition) is 1. The molecule has 1 saturated heterocycles. The molecular weight excluding hydrogens is 550 g/mol. The fourth-order valence-electron chi connectivity index (χ4n) is 4.65. The van der Waals surface area contributed by atoms with E-state index in [4.69, 9.17) is 16.3 Å². The van der Waals surface area contributed by atoms with Crippen LogP contribution < -0.4 is 5.32 Å². The first-order chi connectivity index (χ1) is 19.2. The molecule has 2 amide bonds. The number of sulfonamides is 1. The lowest BCUT2D eigenvalue weighted by molar-refractivity contribution is -0.142. The van der Waals surface area contributed by atoms with Gasteiger partial charge < -0.3 is 15.0 Å². The Morgan fingerprint density at radius 1 is 0.950 bits per heavy atom. The van der Waals surface area contributed by atoms with E-state index in [-0.39, 0.29) is 25.1 Å². The largest absolute Gasteiger partial charge is 0.376 e. The van der Waals surface area contributed by atoms with Gasteiger partial charge in [0.2, 0.25) is 21.8 Å². The van der Waals surface area contributed by atoms with Gasteiger partial charge in [0.1, 0.15) is 6.04 Å². The molecular formula is C30H34ClN3O5S. The molecule has 1 fully saturated rings. The molecule has 10 heteroatoms. The number of halogens is 1. The van der Waals surface area contributed by atoms with Crippen molar-refractivity contribution >= 4 is 33.4 Å². The fraction of sp³-hybridized carbons (Fsp3) is 0.333. The molecule has 212 valence electrons. The van der Waals surface area contributed by atoms with E-state index in [1.54, 1.807) is 60.7 Å². The summed E-state index contributed by atoms with van der Waals surface area (Å²) in [5.74, 6) is -0.865. The molecule has 0 aliphatic carbocycles. The van der Waals surface area contributed by atoms with Crippen LogP contribution in [-0.4, -0.2) is 61.5 Å². The molecule has 40 heavy (non-hydrogen) atoms. The highest BCUT2D eigenvalue weighted by Crippen LogP contribution is 2.26. The minimum atomic E-state index is -3.75. The Morgan fingerprint density at radius 3 is 2.17 bits per heavy atom. The van der Waals surface area contributed by atoms with Crippen LogP contribution in [0.5, 0.6) is 0 Å². The van der Waals surface area contributed by atoms with Gasteiger partial charge in [0.25, 0.3) is 0 Å². The summed E-state index contributed by atoms with van der Waals surface area (Å²) in [5, 5.41) is 3.51. The molecule has 1 N–H and O–H groups in total. The standard InChI is InChI=1S/C30H34ClN3O5S/c1-40(37,38)33(20-23-9-4-2-5-10-23)22-28(35)34(21-24-14-16-26(31)17-15-24)29(25-11-6-3-7-12-25)30(36)32-19-27-13-8-18-39-27/h2-7,9-12,14-17,27,29H,8,13,18-22H2,1H3,(H,32,36)/t27-,29-/m1/s1. The summed E-state index contributed by atoms with van der Waals surface area (Å²) in [6.07, 6.45) is 2.79. The number of hydrogen-bond acceptors (Lipinski definition) is 5. The van der Waals surface area contributed by atoms with Crippen LogP contribution in [0.4, 0.5) is 0 Å². The Bertz CT molecular complexity index is 1370. The van der Waals surface area contributed by atoms with Gasteiger partial charge in [-0.2, -0.15) is 4.31 Å². The summed E-state index contributed by atoms with van der Waals surface area (Å²) in [4.78, 5) is 29.2. The van der Waals surface area contributed by atoms with Crippen LogP contribution >= 0.6 is 11.6 Å². The molecule has 3 aromatic rings. The zero-order valence-electron chi connectivity index (χ0n) is 22.4. The number of benzene rings is 3. The second kappa shape index (κ2) is 13.9. The van der Waals surface area contributed by atoms with Gasteiger partial charge >= 0.3 is 0 Å². The van der Waals surface area contributed by atoms with Gasteiger partial charge in [0.05, 0.1) is 18.9 Å². The summed E-state index contributed by atoms with van der Waals surface area (Å²) < 4.78 is 32.3. The van der Waals surface area contributed by atoms with E-state index in [1.165, 1.54) is 4.90 Å². The van der Waals surface area contributed by atoms with E-state index in [9.17, 15) is 18.0 Å². The third-order valence-electron chi connectivity index (χ3n) is 6.77. The third-order valence-corrected chi connectivity index (χ3v) is 8.22. The molecule has 0 aromatic heterocycles. The number of ether oxygens (including phenoxy) is 1. The number of rotatable bonds is 12. The SMILES string of the molecule is CS(=O)(=O)N(CC(=O)N(Cc1ccc(Cl)cc1)[C@@H](C(=O)NC[C@H]1CCCO1)c1ccccc1)Cc1ccccc1. The summed E-state index contributed by atoms with van der Waals surface area (Å²) in [5.41, 5.74) is 2.11. The van der Waals surface area contributed by atoms with Gasteiger partial charge in [0.15, 0.2) is 0 Å². The van der Waals surface area contributed by atoms with Crippen molar-refractivity contribution in [3.63, 3.8) is 0 Å². The zero-order valence-corrected chi connectivity index (χ0v) is 24.0. The van der Waals surface area contributed by atoms with Crippen LogP contribution in [0.3, 0.4) is 0 Å². The Balaban J connectivity index is 1.67. The van der Waals surface area contributed by atoms with Crippen molar-refractivity contribution < 1.29 is 22.7 Å². The highest BCUT2D eigenvalue weighted by atomic mass is 35.5. The van der Waals surface area contributed by atoms with E-state index in [0.717, 1.165) is 34.5 Å². The lowest BCUT2D eigenvalue weighted by Gasteiger charge is -2.33. The highest BCUT2D eigenvalue weighted by molar-refractivity contribution is 7.88. The van der Waals surface area contributed by atoms with Gasteiger partial charge in [-0.05, 0) is 41.7 Å². The average molecular weight is 584 g/mol. The number of nitrogens with zero attached hydrogens (tertiary/aromatic N) is 2. The first-order valence-electron chi connectivity index (χ1n) is 13.2. The van der Waals surface area contributed by atoms with Gasteiger partial charge in [0, 0.05) is 31.3 Å². The number of carbonyl (C=O) groups is 2. The van der Waals surface area contributed by atoms with E-state index in [2.05, 4.69) is 5.32 Å². The second-order valence-corrected chi connectivity index (χ2v) is 12.3. The second-order valence-electron chi connectivity index (χ2n) is 9.86. The molecule has 4 rings (SSSR count). The van der Waals surface area contributed by atoms with Crippen LogP contribution in [0.15, 0.2) is 84.9 Å². The van der Waals surface area contributed by atoms with E-state index in [1.807, 2.05) is 24.3 Å². The van der Waals surface area contributed by atoms with Gasteiger partial charge in [-0.15, -0.1) is 0 Å². The minimum Gasteiger partial charge on any atom is -0.376 e.